The normalized spacial score (nSPS) is 10.5. The maximum absolute atomic E-state index is 13.1. The van der Waals surface area contributed by atoms with Crippen molar-refractivity contribution >= 4 is 21.6 Å². The summed E-state index contributed by atoms with van der Waals surface area (Å²) >= 11 is 3.39. The fourth-order valence-corrected chi connectivity index (χ4v) is 1.99. The minimum atomic E-state index is -0.231. The second kappa shape index (κ2) is 5.32. The van der Waals surface area contributed by atoms with Crippen molar-refractivity contribution in [3.8, 4) is 0 Å². The Morgan fingerprint density at radius 1 is 1.00 bits per heavy atom. The molecule has 0 spiro atoms. The highest BCUT2D eigenvalue weighted by Gasteiger charge is 2.02. The van der Waals surface area contributed by atoms with Gasteiger partial charge in [0.25, 0.3) is 0 Å². The van der Waals surface area contributed by atoms with Crippen molar-refractivity contribution in [3.05, 3.63) is 63.9 Å². The lowest BCUT2D eigenvalue weighted by molar-refractivity contribution is 0.625. The van der Waals surface area contributed by atoms with Crippen molar-refractivity contribution in [1.82, 2.24) is 0 Å². The van der Waals surface area contributed by atoms with Crippen LogP contribution in [0.15, 0.2) is 46.9 Å². The molecule has 0 bridgehead atoms. The van der Waals surface area contributed by atoms with E-state index in [9.17, 15) is 4.39 Å². The average Bonchev–Trinajstić information content (AvgIpc) is 2.32. The molecule has 1 nitrogen and oxygen atoms in total. The molecule has 2 N–H and O–H groups in total. The zero-order valence-corrected chi connectivity index (χ0v) is 10.9. The molecule has 17 heavy (non-hydrogen) atoms. The minimum absolute atomic E-state index is 0.231. The summed E-state index contributed by atoms with van der Waals surface area (Å²) in [6, 6.07) is 12.6. The van der Waals surface area contributed by atoms with Crippen LogP contribution in [0.3, 0.4) is 0 Å². The third-order valence-corrected chi connectivity index (χ3v) is 3.23. The predicted octanol–water partition coefficient (Wildman–Crippen LogP) is 3.96. The molecule has 0 aliphatic rings. The molecule has 0 aromatic heterocycles. The highest BCUT2D eigenvalue weighted by molar-refractivity contribution is 9.10. The lowest BCUT2D eigenvalue weighted by atomic mass is 10.0. The predicted molar refractivity (Wildman–Crippen MR) is 72.4 cm³/mol. The van der Waals surface area contributed by atoms with E-state index in [-0.39, 0.29) is 5.82 Å². The summed E-state index contributed by atoms with van der Waals surface area (Å²) in [6.07, 6.45) is 1.62. The van der Waals surface area contributed by atoms with Gasteiger partial charge in [0.1, 0.15) is 5.82 Å². The molecule has 0 radical (unpaired) electrons. The van der Waals surface area contributed by atoms with Gasteiger partial charge in [0, 0.05) is 10.2 Å². The summed E-state index contributed by atoms with van der Waals surface area (Å²) in [4.78, 5) is 0. The van der Waals surface area contributed by atoms with E-state index in [4.69, 9.17) is 5.73 Å². The van der Waals surface area contributed by atoms with Gasteiger partial charge in [-0.25, -0.2) is 4.39 Å². The first-order valence-corrected chi connectivity index (χ1v) is 6.23. The third-order valence-electron chi connectivity index (χ3n) is 2.70. The van der Waals surface area contributed by atoms with E-state index in [0.29, 0.717) is 5.69 Å². The van der Waals surface area contributed by atoms with E-state index in [2.05, 4.69) is 28.1 Å². The molecule has 0 aliphatic carbocycles. The summed E-state index contributed by atoms with van der Waals surface area (Å²) in [5, 5.41) is 0. The summed E-state index contributed by atoms with van der Waals surface area (Å²) in [5.41, 5.74) is 8.55. The SMILES string of the molecule is Nc1ccc(F)cc1CCc1ccc(Br)cc1. The van der Waals surface area contributed by atoms with E-state index in [0.717, 1.165) is 22.9 Å². The molecule has 0 atom stereocenters. The molecule has 2 aromatic carbocycles. The molecular weight excluding hydrogens is 281 g/mol. The smallest absolute Gasteiger partial charge is 0.123 e. The van der Waals surface area contributed by atoms with Crippen LogP contribution in [0.5, 0.6) is 0 Å². The van der Waals surface area contributed by atoms with Crippen molar-refractivity contribution in [2.24, 2.45) is 0 Å². The lowest BCUT2D eigenvalue weighted by Gasteiger charge is -2.06. The second-order valence-electron chi connectivity index (χ2n) is 3.97. The van der Waals surface area contributed by atoms with Crippen molar-refractivity contribution in [3.63, 3.8) is 0 Å². The molecule has 3 heteroatoms. The Balaban J connectivity index is 2.07. The fourth-order valence-electron chi connectivity index (χ4n) is 1.72. The number of nitrogen functional groups attached to an aromatic ring is 1. The highest BCUT2D eigenvalue weighted by Crippen LogP contribution is 2.17. The monoisotopic (exact) mass is 293 g/mol. The van der Waals surface area contributed by atoms with Gasteiger partial charge >= 0.3 is 0 Å². The van der Waals surface area contributed by atoms with E-state index < -0.39 is 0 Å². The maximum atomic E-state index is 13.1. The zero-order valence-electron chi connectivity index (χ0n) is 9.29. The van der Waals surface area contributed by atoms with Crippen LogP contribution < -0.4 is 5.73 Å². The fraction of sp³-hybridized carbons (Fsp3) is 0.143. The maximum Gasteiger partial charge on any atom is 0.123 e. The first-order chi connectivity index (χ1) is 8.15. The van der Waals surface area contributed by atoms with Crippen LogP contribution in [0.2, 0.25) is 0 Å². The van der Waals surface area contributed by atoms with Gasteiger partial charge in [-0.15, -0.1) is 0 Å². The van der Waals surface area contributed by atoms with Crippen LogP contribution in [-0.4, -0.2) is 0 Å². The Bertz CT molecular complexity index is 508. The molecule has 0 heterocycles. The van der Waals surface area contributed by atoms with Crippen molar-refractivity contribution in [2.75, 3.05) is 5.73 Å². The van der Waals surface area contributed by atoms with Gasteiger partial charge in [-0.05, 0) is 54.3 Å². The number of hydrogen-bond acceptors (Lipinski definition) is 1. The van der Waals surface area contributed by atoms with Crippen LogP contribution in [0.25, 0.3) is 0 Å². The number of hydrogen-bond donors (Lipinski definition) is 1. The quantitative estimate of drug-likeness (QED) is 0.852. The second-order valence-corrected chi connectivity index (χ2v) is 4.89. The molecule has 2 rings (SSSR count). The standard InChI is InChI=1S/C14H13BrFN/c15-12-5-2-10(3-6-12)1-4-11-9-13(16)7-8-14(11)17/h2-3,5-9H,1,4,17H2. The Kier molecular flexibility index (Phi) is 3.79. The van der Waals surface area contributed by atoms with Gasteiger partial charge in [-0.1, -0.05) is 28.1 Å². The van der Waals surface area contributed by atoms with Gasteiger partial charge < -0.3 is 5.73 Å². The Labute approximate surface area is 109 Å². The Morgan fingerprint density at radius 3 is 2.41 bits per heavy atom. The largest absolute Gasteiger partial charge is 0.399 e. The van der Waals surface area contributed by atoms with Gasteiger partial charge in [0.2, 0.25) is 0 Å². The molecule has 0 unspecified atom stereocenters. The first-order valence-electron chi connectivity index (χ1n) is 5.43. The topological polar surface area (TPSA) is 26.0 Å². The number of aryl methyl sites for hydroxylation is 2. The molecule has 0 aliphatic heterocycles. The third kappa shape index (κ3) is 3.30. The molecule has 0 fully saturated rings. The number of rotatable bonds is 3. The molecule has 0 saturated carbocycles. The Hall–Kier alpha value is -1.35. The van der Waals surface area contributed by atoms with Crippen LogP contribution in [0, 0.1) is 5.82 Å². The number of nitrogens with two attached hydrogens (primary N) is 1. The lowest BCUT2D eigenvalue weighted by Crippen LogP contribution is -1.98. The van der Waals surface area contributed by atoms with Crippen molar-refractivity contribution in [2.45, 2.75) is 12.8 Å². The van der Waals surface area contributed by atoms with E-state index in [1.54, 1.807) is 6.07 Å². The van der Waals surface area contributed by atoms with E-state index in [1.165, 1.54) is 17.7 Å². The van der Waals surface area contributed by atoms with Gasteiger partial charge in [0.05, 0.1) is 0 Å². The van der Waals surface area contributed by atoms with Crippen LogP contribution in [0.1, 0.15) is 11.1 Å². The van der Waals surface area contributed by atoms with Crippen molar-refractivity contribution < 1.29 is 4.39 Å². The van der Waals surface area contributed by atoms with Gasteiger partial charge in [-0.2, -0.15) is 0 Å². The summed E-state index contributed by atoms with van der Waals surface area (Å²) < 4.78 is 14.1. The van der Waals surface area contributed by atoms with Crippen LogP contribution in [0.4, 0.5) is 10.1 Å². The zero-order chi connectivity index (χ0) is 12.3. The van der Waals surface area contributed by atoms with Crippen LogP contribution >= 0.6 is 15.9 Å². The Morgan fingerprint density at radius 2 is 1.71 bits per heavy atom. The molecule has 2 aromatic rings. The number of benzene rings is 2. The summed E-state index contributed by atoms with van der Waals surface area (Å²) in [5.74, 6) is -0.231. The molecule has 0 amide bonds. The average molecular weight is 294 g/mol. The number of halogens is 2. The van der Waals surface area contributed by atoms with Gasteiger partial charge in [-0.3, -0.25) is 0 Å². The number of anilines is 1. The van der Waals surface area contributed by atoms with Crippen molar-refractivity contribution in [1.29, 1.82) is 0 Å². The summed E-state index contributed by atoms with van der Waals surface area (Å²) in [6.45, 7) is 0. The summed E-state index contributed by atoms with van der Waals surface area (Å²) in [7, 11) is 0. The first kappa shape index (κ1) is 12.1. The molecule has 0 saturated heterocycles. The van der Waals surface area contributed by atoms with Gasteiger partial charge in [0.15, 0.2) is 0 Å². The van der Waals surface area contributed by atoms with E-state index in [1.807, 2.05) is 12.1 Å². The van der Waals surface area contributed by atoms with Crippen LogP contribution in [-0.2, 0) is 12.8 Å². The minimum Gasteiger partial charge on any atom is -0.399 e. The molecule has 88 valence electrons. The van der Waals surface area contributed by atoms with E-state index >= 15 is 0 Å². The highest BCUT2D eigenvalue weighted by atomic mass is 79.9. The molecular formula is C14H13BrFN.